The third kappa shape index (κ3) is 5.30. The molecule has 9 heteroatoms. The lowest BCUT2D eigenvalue weighted by Crippen LogP contribution is -2.43. The Kier molecular flexibility index (Phi) is 7.97. The van der Waals surface area contributed by atoms with E-state index < -0.39 is 17.2 Å². The number of nitrogens with two attached hydrogens (primary N) is 1. The summed E-state index contributed by atoms with van der Waals surface area (Å²) in [5.41, 5.74) is 5.63. The number of nitrogens with zero attached hydrogens (tertiary/aromatic N) is 2. The minimum absolute atomic E-state index is 0.0438. The van der Waals surface area contributed by atoms with Gasteiger partial charge in [-0.1, -0.05) is 37.3 Å². The maximum absolute atomic E-state index is 12.6. The van der Waals surface area contributed by atoms with E-state index in [1.807, 2.05) is 37.3 Å². The largest absolute Gasteiger partial charge is 0.383 e. The summed E-state index contributed by atoms with van der Waals surface area (Å²) in [5.74, 6) is -0.476. The van der Waals surface area contributed by atoms with E-state index in [2.05, 4.69) is 4.98 Å². The van der Waals surface area contributed by atoms with E-state index in [-0.39, 0.29) is 37.8 Å². The van der Waals surface area contributed by atoms with Crippen LogP contribution in [-0.4, -0.2) is 48.9 Å². The monoisotopic (exact) mass is 390 g/mol. The average molecular weight is 390 g/mol. The number of anilines is 2. The van der Waals surface area contributed by atoms with E-state index in [4.69, 9.17) is 15.2 Å². The van der Waals surface area contributed by atoms with Crippen molar-refractivity contribution in [3.8, 4) is 0 Å². The van der Waals surface area contributed by atoms with Crippen molar-refractivity contribution >= 4 is 17.4 Å². The highest BCUT2D eigenvalue weighted by Crippen LogP contribution is 2.18. The van der Waals surface area contributed by atoms with Crippen LogP contribution < -0.4 is 21.9 Å². The summed E-state index contributed by atoms with van der Waals surface area (Å²) in [5, 5.41) is 0. The zero-order chi connectivity index (χ0) is 20.5. The van der Waals surface area contributed by atoms with Crippen LogP contribution in [-0.2, 0) is 20.8 Å². The molecule has 1 aromatic carbocycles. The number of H-pyrrole nitrogens is 1. The Morgan fingerprint density at radius 1 is 1.21 bits per heavy atom. The van der Waals surface area contributed by atoms with Gasteiger partial charge in [0, 0.05) is 13.7 Å². The van der Waals surface area contributed by atoms with Crippen molar-refractivity contribution in [2.24, 2.45) is 0 Å². The zero-order valence-electron chi connectivity index (χ0n) is 16.1. The lowest BCUT2D eigenvalue weighted by atomic mass is 10.2. The number of benzene rings is 1. The molecule has 0 aliphatic carbocycles. The van der Waals surface area contributed by atoms with Crippen LogP contribution in [0.5, 0.6) is 0 Å². The van der Waals surface area contributed by atoms with Gasteiger partial charge in [-0.25, -0.2) is 4.79 Å². The maximum Gasteiger partial charge on any atom is 0.330 e. The Morgan fingerprint density at radius 2 is 1.93 bits per heavy atom. The molecule has 2 aromatic rings. The highest BCUT2D eigenvalue weighted by molar-refractivity contribution is 5.96. The smallest absolute Gasteiger partial charge is 0.330 e. The normalized spacial score (nSPS) is 10.8. The third-order valence-corrected chi connectivity index (χ3v) is 4.07. The van der Waals surface area contributed by atoms with Crippen LogP contribution in [0.3, 0.4) is 0 Å². The number of rotatable bonds is 10. The summed E-state index contributed by atoms with van der Waals surface area (Å²) < 4.78 is 11.4. The first-order valence-corrected chi connectivity index (χ1v) is 9.03. The molecule has 1 aromatic heterocycles. The summed E-state index contributed by atoms with van der Waals surface area (Å²) in [6.07, 6.45) is 0.598. The number of methoxy groups -OCH3 is 1. The van der Waals surface area contributed by atoms with Crippen molar-refractivity contribution in [3.63, 3.8) is 0 Å². The predicted octanol–water partition coefficient (Wildman–Crippen LogP) is 0.573. The van der Waals surface area contributed by atoms with Crippen LogP contribution in [0.15, 0.2) is 39.9 Å². The molecule has 0 fully saturated rings. The predicted molar refractivity (Wildman–Crippen MR) is 107 cm³/mol. The Morgan fingerprint density at radius 3 is 2.57 bits per heavy atom. The van der Waals surface area contributed by atoms with Gasteiger partial charge < -0.3 is 20.1 Å². The van der Waals surface area contributed by atoms with Gasteiger partial charge in [-0.05, 0) is 12.0 Å². The first kappa shape index (κ1) is 21.4. The molecular weight excluding hydrogens is 364 g/mol. The topological polar surface area (TPSA) is 120 Å². The van der Waals surface area contributed by atoms with Crippen LogP contribution in [0, 0.1) is 0 Å². The molecule has 28 heavy (non-hydrogen) atoms. The fourth-order valence-corrected chi connectivity index (χ4v) is 2.73. The number of hydrogen-bond donors (Lipinski definition) is 2. The molecule has 2 rings (SSSR count). The van der Waals surface area contributed by atoms with Gasteiger partial charge in [0.2, 0.25) is 0 Å². The SMILES string of the molecule is CCCN(C(=O)COCCOC)c1c(N)n(Cc2ccccc2)c(=O)[nH]c1=O. The molecular formula is C19H26N4O5. The van der Waals surface area contributed by atoms with E-state index in [9.17, 15) is 14.4 Å². The van der Waals surface area contributed by atoms with Crippen LogP contribution in [0.4, 0.5) is 11.5 Å². The number of aromatic amines is 1. The number of nitrogen functional groups attached to an aromatic ring is 1. The molecule has 0 radical (unpaired) electrons. The number of carbonyl (C=O) groups excluding carboxylic acids is 1. The Hall–Kier alpha value is -2.91. The quantitative estimate of drug-likeness (QED) is 0.573. The van der Waals surface area contributed by atoms with Crippen LogP contribution in [0.2, 0.25) is 0 Å². The van der Waals surface area contributed by atoms with E-state index in [1.54, 1.807) is 0 Å². The second kappa shape index (κ2) is 10.4. The molecule has 152 valence electrons. The van der Waals surface area contributed by atoms with E-state index in [1.165, 1.54) is 16.6 Å². The standard InChI is InChI=1S/C19H26N4O5/c1-3-9-22(15(24)13-28-11-10-27-2)16-17(20)23(19(26)21-18(16)25)12-14-7-5-4-6-8-14/h4-8H,3,9-13,20H2,1-2H3,(H,21,25,26). The molecule has 9 nitrogen and oxygen atoms in total. The lowest BCUT2D eigenvalue weighted by Gasteiger charge is -2.24. The Balaban J connectivity index is 2.37. The van der Waals surface area contributed by atoms with Crippen molar-refractivity contribution in [1.82, 2.24) is 9.55 Å². The van der Waals surface area contributed by atoms with Crippen molar-refractivity contribution in [2.45, 2.75) is 19.9 Å². The summed E-state index contributed by atoms with van der Waals surface area (Å²) in [4.78, 5) is 40.9. The van der Waals surface area contributed by atoms with Crippen LogP contribution >= 0.6 is 0 Å². The van der Waals surface area contributed by atoms with Crippen LogP contribution in [0.25, 0.3) is 0 Å². The number of hydrogen-bond acceptors (Lipinski definition) is 6. The number of carbonyl (C=O) groups is 1. The summed E-state index contributed by atoms with van der Waals surface area (Å²) in [6, 6.07) is 9.23. The molecule has 1 amide bonds. The zero-order valence-corrected chi connectivity index (χ0v) is 16.1. The van der Waals surface area contributed by atoms with Crippen molar-refractivity contribution in [3.05, 3.63) is 56.7 Å². The molecule has 0 saturated heterocycles. The maximum atomic E-state index is 12.6. The van der Waals surface area contributed by atoms with Gasteiger partial charge in [-0.2, -0.15) is 0 Å². The van der Waals surface area contributed by atoms with Crippen molar-refractivity contribution < 1.29 is 14.3 Å². The molecule has 1 heterocycles. The van der Waals surface area contributed by atoms with Gasteiger partial charge in [0.15, 0.2) is 5.69 Å². The van der Waals surface area contributed by atoms with Gasteiger partial charge in [0.05, 0.1) is 19.8 Å². The van der Waals surface area contributed by atoms with Gasteiger partial charge in [-0.15, -0.1) is 0 Å². The van der Waals surface area contributed by atoms with Gasteiger partial charge in [0.1, 0.15) is 12.4 Å². The lowest BCUT2D eigenvalue weighted by molar-refractivity contribution is -0.123. The highest BCUT2D eigenvalue weighted by atomic mass is 16.5. The minimum atomic E-state index is -0.703. The molecule has 0 unspecified atom stereocenters. The number of ether oxygens (including phenoxy) is 2. The third-order valence-electron chi connectivity index (χ3n) is 4.07. The second-order valence-corrected chi connectivity index (χ2v) is 6.16. The van der Waals surface area contributed by atoms with E-state index >= 15 is 0 Å². The average Bonchev–Trinajstić information content (AvgIpc) is 2.68. The molecule has 0 saturated carbocycles. The first-order chi connectivity index (χ1) is 13.5. The fourth-order valence-electron chi connectivity index (χ4n) is 2.73. The highest BCUT2D eigenvalue weighted by Gasteiger charge is 2.23. The van der Waals surface area contributed by atoms with E-state index in [0.29, 0.717) is 13.0 Å². The summed E-state index contributed by atoms with van der Waals surface area (Å²) >= 11 is 0. The number of nitrogens with one attached hydrogen (secondary N) is 1. The first-order valence-electron chi connectivity index (χ1n) is 9.03. The molecule has 0 spiro atoms. The van der Waals surface area contributed by atoms with Crippen molar-refractivity contribution in [2.75, 3.05) is 44.1 Å². The molecule has 3 N–H and O–H groups in total. The molecule has 0 atom stereocenters. The van der Waals surface area contributed by atoms with Crippen molar-refractivity contribution in [1.29, 1.82) is 0 Å². The summed E-state index contributed by atoms with van der Waals surface area (Å²) in [6.45, 7) is 2.70. The molecule has 0 aliphatic heterocycles. The van der Waals surface area contributed by atoms with Gasteiger partial charge in [-0.3, -0.25) is 19.1 Å². The van der Waals surface area contributed by atoms with Gasteiger partial charge >= 0.3 is 5.69 Å². The fraction of sp³-hybridized carbons (Fsp3) is 0.421. The number of aromatic nitrogens is 2. The Labute approximate surface area is 162 Å². The second-order valence-electron chi connectivity index (χ2n) is 6.16. The van der Waals surface area contributed by atoms with Crippen LogP contribution in [0.1, 0.15) is 18.9 Å². The van der Waals surface area contributed by atoms with E-state index in [0.717, 1.165) is 5.56 Å². The summed E-state index contributed by atoms with van der Waals surface area (Å²) in [7, 11) is 1.53. The molecule has 0 aliphatic rings. The minimum Gasteiger partial charge on any atom is -0.383 e. The Bertz CT molecular complexity index is 891. The van der Waals surface area contributed by atoms with Gasteiger partial charge in [0.25, 0.3) is 11.5 Å². The number of amides is 1. The molecule has 0 bridgehead atoms.